The van der Waals surface area contributed by atoms with Crippen molar-refractivity contribution in [2.45, 2.75) is 25.3 Å². The molecule has 1 saturated heterocycles. The second-order valence-corrected chi connectivity index (χ2v) is 6.96. The lowest BCUT2D eigenvalue weighted by Crippen LogP contribution is -2.36. The molecule has 5 nitrogen and oxygen atoms in total. The minimum atomic E-state index is 0.141. The fourth-order valence-corrected chi connectivity index (χ4v) is 3.49. The first-order valence-corrected chi connectivity index (χ1v) is 9.10. The SMILES string of the molecule is COc1ccccc1Cc1cccc([C@@H]2CCCN2CC(=O)N(C)C)n1. The summed E-state index contributed by atoms with van der Waals surface area (Å²) in [7, 11) is 5.31. The summed E-state index contributed by atoms with van der Waals surface area (Å²) >= 11 is 0. The van der Waals surface area contributed by atoms with Gasteiger partial charge in [0.1, 0.15) is 5.75 Å². The third-order valence-corrected chi connectivity index (χ3v) is 4.93. The van der Waals surface area contributed by atoms with E-state index in [2.05, 4.69) is 29.2 Å². The van der Waals surface area contributed by atoms with Crippen LogP contribution in [-0.4, -0.2) is 55.0 Å². The van der Waals surface area contributed by atoms with Crippen molar-refractivity contribution in [2.75, 3.05) is 34.3 Å². The van der Waals surface area contributed by atoms with E-state index in [0.717, 1.165) is 48.5 Å². The van der Waals surface area contributed by atoms with Crippen LogP contribution in [0.25, 0.3) is 0 Å². The van der Waals surface area contributed by atoms with E-state index in [0.29, 0.717) is 6.54 Å². The number of aromatic nitrogens is 1. The minimum Gasteiger partial charge on any atom is -0.496 e. The molecule has 1 aromatic heterocycles. The summed E-state index contributed by atoms with van der Waals surface area (Å²) in [5.41, 5.74) is 3.21. The normalized spacial score (nSPS) is 17.3. The summed E-state index contributed by atoms with van der Waals surface area (Å²) in [5.74, 6) is 1.03. The van der Waals surface area contributed by atoms with E-state index in [1.54, 1.807) is 26.1 Å². The van der Waals surface area contributed by atoms with Crippen molar-refractivity contribution in [3.05, 3.63) is 59.4 Å². The number of nitrogens with zero attached hydrogens (tertiary/aromatic N) is 3. The van der Waals surface area contributed by atoms with Gasteiger partial charge in [0, 0.05) is 31.8 Å². The number of amides is 1. The minimum absolute atomic E-state index is 0.141. The van der Waals surface area contributed by atoms with Gasteiger partial charge in [0.15, 0.2) is 0 Å². The molecule has 5 heteroatoms. The number of ether oxygens (including phenoxy) is 1. The molecule has 3 rings (SSSR count). The van der Waals surface area contributed by atoms with Crippen LogP contribution in [0.2, 0.25) is 0 Å². The van der Waals surface area contributed by atoms with Crippen LogP contribution in [-0.2, 0) is 11.2 Å². The number of rotatable bonds is 6. The molecule has 2 heterocycles. The molecule has 0 N–H and O–H groups in total. The largest absolute Gasteiger partial charge is 0.496 e. The van der Waals surface area contributed by atoms with E-state index < -0.39 is 0 Å². The molecule has 1 fully saturated rings. The van der Waals surface area contributed by atoms with Crippen LogP contribution < -0.4 is 4.74 Å². The third kappa shape index (κ3) is 4.22. The van der Waals surface area contributed by atoms with E-state index >= 15 is 0 Å². The maximum absolute atomic E-state index is 12.1. The fraction of sp³-hybridized carbons (Fsp3) is 0.429. The average Bonchev–Trinajstić information content (AvgIpc) is 3.10. The number of pyridine rings is 1. The standard InChI is InChI=1S/C21H27N3O2/c1-23(2)21(25)15-24-13-7-11-19(24)18-10-6-9-17(22-18)14-16-8-4-5-12-20(16)26-3/h4-6,8-10,12,19H,7,11,13-15H2,1-3H3/t19-/m0/s1. The molecule has 1 aromatic carbocycles. The van der Waals surface area contributed by atoms with E-state index in [1.807, 2.05) is 18.2 Å². The smallest absolute Gasteiger partial charge is 0.236 e. The van der Waals surface area contributed by atoms with Gasteiger partial charge in [-0.2, -0.15) is 0 Å². The number of hydrogen-bond acceptors (Lipinski definition) is 4. The molecule has 1 aliphatic rings. The van der Waals surface area contributed by atoms with Gasteiger partial charge in [0.2, 0.25) is 5.91 Å². The summed E-state index contributed by atoms with van der Waals surface area (Å²) in [6, 6.07) is 14.5. The number of methoxy groups -OCH3 is 1. The van der Waals surface area contributed by atoms with Crippen molar-refractivity contribution >= 4 is 5.91 Å². The van der Waals surface area contributed by atoms with Crippen molar-refractivity contribution in [3.8, 4) is 5.75 Å². The second-order valence-electron chi connectivity index (χ2n) is 6.96. The van der Waals surface area contributed by atoms with Crippen molar-refractivity contribution in [1.29, 1.82) is 0 Å². The van der Waals surface area contributed by atoms with Crippen LogP contribution in [0.15, 0.2) is 42.5 Å². The molecule has 0 saturated carbocycles. The third-order valence-electron chi connectivity index (χ3n) is 4.93. The molecule has 0 radical (unpaired) electrons. The Hall–Kier alpha value is -2.40. The fourth-order valence-electron chi connectivity index (χ4n) is 3.49. The highest BCUT2D eigenvalue weighted by Crippen LogP contribution is 2.31. The molecule has 0 spiro atoms. The zero-order valence-electron chi connectivity index (χ0n) is 15.8. The Bertz CT molecular complexity index is 760. The Kier molecular flexibility index (Phi) is 5.89. The Morgan fingerprint density at radius 3 is 2.81 bits per heavy atom. The Morgan fingerprint density at radius 2 is 2.04 bits per heavy atom. The second kappa shape index (κ2) is 8.32. The highest BCUT2D eigenvalue weighted by molar-refractivity contribution is 5.77. The number of likely N-dealkylation sites (tertiary alicyclic amines) is 1. The number of carbonyl (C=O) groups excluding carboxylic acids is 1. The van der Waals surface area contributed by atoms with Crippen LogP contribution in [0.4, 0.5) is 0 Å². The van der Waals surface area contributed by atoms with Gasteiger partial charge in [-0.3, -0.25) is 14.7 Å². The van der Waals surface area contributed by atoms with Crippen molar-refractivity contribution < 1.29 is 9.53 Å². The van der Waals surface area contributed by atoms with Gasteiger partial charge in [-0.05, 0) is 37.6 Å². The molecule has 0 unspecified atom stereocenters. The molecule has 1 atom stereocenters. The summed E-state index contributed by atoms with van der Waals surface area (Å²) in [6.07, 6.45) is 2.89. The Labute approximate surface area is 155 Å². The lowest BCUT2D eigenvalue weighted by Gasteiger charge is -2.25. The zero-order chi connectivity index (χ0) is 18.5. The number of para-hydroxylation sites is 1. The molecular formula is C21H27N3O2. The van der Waals surface area contributed by atoms with Crippen LogP contribution >= 0.6 is 0 Å². The predicted octanol–water partition coefficient (Wildman–Crippen LogP) is 2.91. The van der Waals surface area contributed by atoms with Gasteiger partial charge in [-0.15, -0.1) is 0 Å². The first kappa shape index (κ1) is 18.4. The van der Waals surface area contributed by atoms with Crippen molar-refractivity contribution in [2.24, 2.45) is 0 Å². The van der Waals surface area contributed by atoms with Gasteiger partial charge >= 0.3 is 0 Å². The number of benzene rings is 1. The van der Waals surface area contributed by atoms with E-state index in [9.17, 15) is 4.79 Å². The van der Waals surface area contributed by atoms with Gasteiger partial charge in [-0.25, -0.2) is 0 Å². The average molecular weight is 353 g/mol. The molecule has 1 amide bonds. The first-order chi connectivity index (χ1) is 12.6. The summed E-state index contributed by atoms with van der Waals surface area (Å²) in [5, 5.41) is 0. The monoisotopic (exact) mass is 353 g/mol. The maximum atomic E-state index is 12.1. The molecule has 138 valence electrons. The molecule has 26 heavy (non-hydrogen) atoms. The quantitative estimate of drug-likeness (QED) is 0.801. The Morgan fingerprint density at radius 1 is 1.23 bits per heavy atom. The van der Waals surface area contributed by atoms with Crippen LogP contribution in [0.3, 0.4) is 0 Å². The predicted molar refractivity (Wildman–Crippen MR) is 102 cm³/mol. The molecule has 2 aromatic rings. The van der Waals surface area contributed by atoms with Gasteiger partial charge in [0.25, 0.3) is 0 Å². The summed E-state index contributed by atoms with van der Waals surface area (Å²) in [6.45, 7) is 1.40. The van der Waals surface area contributed by atoms with Gasteiger partial charge < -0.3 is 9.64 Å². The highest BCUT2D eigenvalue weighted by Gasteiger charge is 2.29. The maximum Gasteiger partial charge on any atom is 0.236 e. The van der Waals surface area contributed by atoms with E-state index in [4.69, 9.17) is 9.72 Å². The van der Waals surface area contributed by atoms with Crippen molar-refractivity contribution in [1.82, 2.24) is 14.8 Å². The van der Waals surface area contributed by atoms with Gasteiger partial charge in [-0.1, -0.05) is 24.3 Å². The first-order valence-electron chi connectivity index (χ1n) is 9.10. The lowest BCUT2D eigenvalue weighted by molar-refractivity contribution is -0.130. The van der Waals surface area contributed by atoms with Gasteiger partial charge in [0.05, 0.1) is 25.4 Å². The molecule has 0 bridgehead atoms. The lowest BCUT2D eigenvalue weighted by atomic mass is 10.1. The number of likely N-dealkylation sites (N-methyl/N-ethyl adjacent to an activating group) is 1. The molecule has 0 aliphatic carbocycles. The zero-order valence-corrected chi connectivity index (χ0v) is 15.8. The molecule has 1 aliphatic heterocycles. The highest BCUT2D eigenvalue weighted by atomic mass is 16.5. The number of hydrogen-bond donors (Lipinski definition) is 0. The van der Waals surface area contributed by atoms with Crippen LogP contribution in [0.5, 0.6) is 5.75 Å². The summed E-state index contributed by atoms with van der Waals surface area (Å²) < 4.78 is 5.45. The number of carbonyl (C=O) groups is 1. The van der Waals surface area contributed by atoms with Crippen molar-refractivity contribution in [3.63, 3.8) is 0 Å². The topological polar surface area (TPSA) is 45.7 Å². The van der Waals surface area contributed by atoms with E-state index in [1.165, 1.54) is 0 Å². The van der Waals surface area contributed by atoms with Crippen LogP contribution in [0.1, 0.15) is 35.8 Å². The van der Waals surface area contributed by atoms with E-state index in [-0.39, 0.29) is 11.9 Å². The van der Waals surface area contributed by atoms with Crippen LogP contribution in [0, 0.1) is 0 Å². The Balaban J connectivity index is 1.77. The summed E-state index contributed by atoms with van der Waals surface area (Å²) in [4.78, 5) is 20.9. The molecular weight excluding hydrogens is 326 g/mol.